The number of nitrogens with one attached hydrogen (secondary N) is 1. The highest BCUT2D eigenvalue weighted by Crippen LogP contribution is 2.23. The fourth-order valence-electron chi connectivity index (χ4n) is 2.43. The molecule has 0 aliphatic rings. The molecule has 102 valence electrons. The van der Waals surface area contributed by atoms with E-state index in [-0.39, 0.29) is 0 Å². The van der Waals surface area contributed by atoms with Crippen molar-refractivity contribution in [2.45, 2.75) is 6.42 Å². The maximum Gasteiger partial charge on any atom is 0.140 e. The van der Waals surface area contributed by atoms with Crippen LogP contribution in [0.2, 0.25) is 0 Å². The van der Waals surface area contributed by atoms with Crippen LogP contribution in [-0.4, -0.2) is 28.1 Å². The van der Waals surface area contributed by atoms with Crippen LogP contribution in [0.4, 0.5) is 0 Å². The number of likely N-dealkylation sites (N-methyl/N-ethyl adjacent to an activating group) is 1. The molecule has 0 aliphatic carbocycles. The lowest BCUT2D eigenvalue weighted by molar-refractivity contribution is 0.792. The zero-order valence-electron chi connectivity index (χ0n) is 11.8. The Balaban J connectivity index is 2.05. The van der Waals surface area contributed by atoms with E-state index in [1.165, 1.54) is 5.56 Å². The van der Waals surface area contributed by atoms with Gasteiger partial charge in [-0.15, -0.1) is 0 Å². The van der Waals surface area contributed by atoms with E-state index < -0.39 is 0 Å². The molecular formula is C16H18N4. The van der Waals surface area contributed by atoms with E-state index in [4.69, 9.17) is 4.98 Å². The molecule has 4 nitrogen and oxygen atoms in total. The second-order valence-corrected chi connectivity index (χ2v) is 4.91. The molecule has 1 N–H and O–H groups in total. The second kappa shape index (κ2) is 5.43. The Morgan fingerprint density at radius 1 is 1.15 bits per heavy atom. The van der Waals surface area contributed by atoms with Gasteiger partial charge in [0.15, 0.2) is 0 Å². The van der Waals surface area contributed by atoms with Gasteiger partial charge >= 0.3 is 0 Å². The Hall–Kier alpha value is -2.20. The number of imidazole rings is 1. The number of aryl methyl sites for hydroxylation is 1. The van der Waals surface area contributed by atoms with Crippen LogP contribution in [0.15, 0.2) is 42.7 Å². The number of hydrogen-bond acceptors (Lipinski definition) is 3. The molecule has 3 rings (SSSR count). The van der Waals surface area contributed by atoms with Crippen LogP contribution in [0.1, 0.15) is 5.56 Å². The van der Waals surface area contributed by atoms with Gasteiger partial charge in [-0.3, -0.25) is 4.98 Å². The highest BCUT2D eigenvalue weighted by molar-refractivity contribution is 5.81. The van der Waals surface area contributed by atoms with Crippen molar-refractivity contribution in [2.75, 3.05) is 13.6 Å². The van der Waals surface area contributed by atoms with E-state index >= 15 is 0 Å². The quantitative estimate of drug-likeness (QED) is 0.788. The molecule has 3 aromatic rings. The van der Waals surface area contributed by atoms with Gasteiger partial charge in [0.2, 0.25) is 0 Å². The minimum atomic E-state index is 0.980. The summed E-state index contributed by atoms with van der Waals surface area (Å²) in [5.41, 5.74) is 4.61. The summed E-state index contributed by atoms with van der Waals surface area (Å²) in [4.78, 5) is 8.82. The largest absolute Gasteiger partial charge is 0.327 e. The Labute approximate surface area is 118 Å². The number of fused-ring (bicyclic) bond motifs is 1. The maximum atomic E-state index is 4.77. The van der Waals surface area contributed by atoms with E-state index in [2.05, 4.69) is 40.1 Å². The fraction of sp³-hybridized carbons (Fsp3) is 0.250. The lowest BCUT2D eigenvalue weighted by Gasteiger charge is -2.02. The summed E-state index contributed by atoms with van der Waals surface area (Å²) in [6, 6.07) is 10.5. The Morgan fingerprint density at radius 3 is 2.70 bits per heavy atom. The Morgan fingerprint density at radius 2 is 1.95 bits per heavy atom. The normalized spacial score (nSPS) is 11.1. The van der Waals surface area contributed by atoms with E-state index in [0.29, 0.717) is 0 Å². The minimum absolute atomic E-state index is 0.980. The van der Waals surface area contributed by atoms with Crippen molar-refractivity contribution in [3.63, 3.8) is 0 Å². The molecule has 0 unspecified atom stereocenters. The summed E-state index contributed by atoms with van der Waals surface area (Å²) in [7, 11) is 4.03. The van der Waals surface area contributed by atoms with E-state index in [0.717, 1.165) is 35.4 Å². The Bertz CT molecular complexity index is 716. The third kappa shape index (κ3) is 2.30. The molecule has 0 aliphatic heterocycles. The summed E-state index contributed by atoms with van der Waals surface area (Å²) in [6.07, 6.45) is 4.62. The molecule has 0 spiro atoms. The maximum absolute atomic E-state index is 4.77. The summed E-state index contributed by atoms with van der Waals surface area (Å²) in [6.45, 7) is 0.982. The van der Waals surface area contributed by atoms with Crippen LogP contribution < -0.4 is 5.32 Å². The van der Waals surface area contributed by atoms with E-state index in [1.54, 1.807) is 12.4 Å². The summed E-state index contributed by atoms with van der Waals surface area (Å²) in [5.74, 6) is 0.980. The van der Waals surface area contributed by atoms with Crippen molar-refractivity contribution in [3.05, 3.63) is 48.3 Å². The molecule has 0 bridgehead atoms. The highest BCUT2D eigenvalue weighted by atomic mass is 15.1. The monoisotopic (exact) mass is 266 g/mol. The SMILES string of the molecule is CNCCc1ccc2c(c1)nc(-c1ccncc1)n2C. The zero-order valence-corrected chi connectivity index (χ0v) is 11.8. The van der Waals surface area contributed by atoms with Crippen molar-refractivity contribution in [2.24, 2.45) is 7.05 Å². The number of rotatable bonds is 4. The zero-order chi connectivity index (χ0) is 13.9. The molecule has 0 amide bonds. The van der Waals surface area contributed by atoms with Gasteiger partial charge in [0.05, 0.1) is 11.0 Å². The number of nitrogens with zero attached hydrogens (tertiary/aromatic N) is 3. The van der Waals surface area contributed by atoms with Gasteiger partial charge in [-0.05, 0) is 49.8 Å². The summed E-state index contributed by atoms with van der Waals surface area (Å²) >= 11 is 0. The number of hydrogen-bond donors (Lipinski definition) is 1. The van der Waals surface area contributed by atoms with Gasteiger partial charge in [-0.1, -0.05) is 6.07 Å². The van der Waals surface area contributed by atoms with Crippen LogP contribution >= 0.6 is 0 Å². The van der Waals surface area contributed by atoms with Crippen molar-refractivity contribution in [1.82, 2.24) is 19.9 Å². The molecule has 0 atom stereocenters. The molecule has 1 aromatic carbocycles. The lowest BCUT2D eigenvalue weighted by Crippen LogP contribution is -2.10. The predicted molar refractivity (Wildman–Crippen MR) is 81.6 cm³/mol. The number of benzene rings is 1. The summed E-state index contributed by atoms with van der Waals surface area (Å²) in [5, 5.41) is 3.17. The molecule has 2 heterocycles. The van der Waals surface area contributed by atoms with Crippen molar-refractivity contribution in [3.8, 4) is 11.4 Å². The molecule has 20 heavy (non-hydrogen) atoms. The summed E-state index contributed by atoms with van der Waals surface area (Å²) < 4.78 is 2.13. The van der Waals surface area contributed by atoms with Gasteiger partial charge in [-0.25, -0.2) is 4.98 Å². The molecule has 0 fully saturated rings. The van der Waals surface area contributed by atoms with E-state index in [9.17, 15) is 0 Å². The predicted octanol–water partition coefficient (Wildman–Crippen LogP) is 2.40. The third-order valence-corrected chi connectivity index (χ3v) is 3.55. The molecule has 0 saturated heterocycles. The minimum Gasteiger partial charge on any atom is -0.327 e. The van der Waals surface area contributed by atoms with E-state index in [1.807, 2.05) is 19.2 Å². The fourth-order valence-corrected chi connectivity index (χ4v) is 2.43. The lowest BCUT2D eigenvalue weighted by atomic mass is 10.1. The van der Waals surface area contributed by atoms with Crippen molar-refractivity contribution in [1.29, 1.82) is 0 Å². The van der Waals surface area contributed by atoms with Crippen molar-refractivity contribution >= 4 is 11.0 Å². The van der Waals surface area contributed by atoms with Crippen LogP contribution in [0, 0.1) is 0 Å². The van der Waals surface area contributed by atoms with Gasteiger partial charge in [0.25, 0.3) is 0 Å². The number of pyridine rings is 1. The first-order chi connectivity index (χ1) is 9.79. The van der Waals surface area contributed by atoms with Crippen LogP contribution in [-0.2, 0) is 13.5 Å². The standard InChI is InChI=1S/C16H18N4/c1-17-8-5-12-3-4-15-14(11-12)19-16(20(15)2)13-6-9-18-10-7-13/h3-4,6-7,9-11,17H,5,8H2,1-2H3. The number of aromatic nitrogens is 3. The second-order valence-electron chi connectivity index (χ2n) is 4.91. The average molecular weight is 266 g/mol. The Kier molecular flexibility index (Phi) is 3.48. The average Bonchev–Trinajstić information content (AvgIpc) is 2.83. The van der Waals surface area contributed by atoms with Gasteiger partial charge in [0.1, 0.15) is 5.82 Å². The first-order valence-electron chi connectivity index (χ1n) is 6.80. The highest BCUT2D eigenvalue weighted by Gasteiger charge is 2.09. The van der Waals surface area contributed by atoms with Crippen molar-refractivity contribution < 1.29 is 0 Å². The molecule has 2 aromatic heterocycles. The topological polar surface area (TPSA) is 42.7 Å². The molecule has 0 saturated carbocycles. The van der Waals surface area contributed by atoms with Gasteiger partial charge in [0, 0.05) is 25.0 Å². The first-order valence-corrected chi connectivity index (χ1v) is 6.80. The van der Waals surface area contributed by atoms with Crippen LogP contribution in [0.5, 0.6) is 0 Å². The first kappa shape index (κ1) is 12.8. The van der Waals surface area contributed by atoms with Gasteiger partial charge < -0.3 is 9.88 Å². The third-order valence-electron chi connectivity index (χ3n) is 3.55. The smallest absolute Gasteiger partial charge is 0.140 e. The van der Waals surface area contributed by atoms with Gasteiger partial charge in [-0.2, -0.15) is 0 Å². The molecular weight excluding hydrogens is 248 g/mol. The van der Waals surface area contributed by atoms with Crippen LogP contribution in [0.3, 0.4) is 0 Å². The molecule has 0 radical (unpaired) electrons. The van der Waals surface area contributed by atoms with Crippen LogP contribution in [0.25, 0.3) is 22.4 Å². The molecule has 4 heteroatoms.